The fourth-order valence-electron chi connectivity index (χ4n) is 1.63. The maximum atomic E-state index is 12.2. The van der Waals surface area contributed by atoms with E-state index in [0.717, 1.165) is 0 Å². The second-order valence-corrected chi connectivity index (χ2v) is 4.16. The van der Waals surface area contributed by atoms with Crippen LogP contribution in [-0.2, 0) is 9.59 Å². The molecule has 0 saturated heterocycles. The Kier molecular flexibility index (Phi) is 2.79. The molecule has 1 aliphatic carbocycles. The molecule has 0 fully saturated rings. The topological polar surface area (TPSA) is 54.4 Å². The van der Waals surface area contributed by atoms with Crippen LogP contribution in [0.2, 0.25) is 0 Å². The zero-order chi connectivity index (χ0) is 11.8. The molecule has 0 bridgehead atoms. The average Bonchev–Trinajstić information content (AvgIpc) is 2.14. The third-order valence-electron chi connectivity index (χ3n) is 2.40. The number of carbonyl (C=O) groups excluding carboxylic acids is 2. The molecule has 15 heavy (non-hydrogen) atoms. The van der Waals surface area contributed by atoms with Gasteiger partial charge in [-0.05, 0) is 26.3 Å². The van der Waals surface area contributed by atoms with Crippen molar-refractivity contribution >= 4 is 11.6 Å². The number of hydrogen-bond acceptors (Lipinski definition) is 3. The normalized spacial score (nSPS) is 20.3. The summed E-state index contributed by atoms with van der Waals surface area (Å²) in [5, 5.41) is 9.54. The highest BCUT2D eigenvalue weighted by Gasteiger charge is 2.37. The Morgan fingerprint density at radius 1 is 1.53 bits per heavy atom. The molecule has 0 amide bonds. The summed E-state index contributed by atoms with van der Waals surface area (Å²) in [5.74, 6) is -1.90. The Hall–Kier alpha value is -1.45. The first-order chi connectivity index (χ1) is 6.81. The minimum absolute atomic E-state index is 0.401. The maximum Gasteiger partial charge on any atom is 0.201 e. The van der Waals surface area contributed by atoms with Gasteiger partial charge in [-0.1, -0.05) is 6.08 Å². The number of alkyl halides is 1. The summed E-state index contributed by atoms with van der Waals surface area (Å²) in [6.07, 6.45) is 1.57. The van der Waals surface area contributed by atoms with Gasteiger partial charge in [0.1, 0.15) is 11.3 Å². The quantitative estimate of drug-likeness (QED) is 0.711. The molecule has 0 radical (unpaired) electrons. The van der Waals surface area contributed by atoms with Crippen molar-refractivity contribution in [2.45, 2.75) is 20.8 Å². The van der Waals surface area contributed by atoms with Crippen LogP contribution in [0.4, 0.5) is 4.39 Å². The first-order valence-electron chi connectivity index (χ1n) is 4.58. The summed E-state index contributed by atoms with van der Waals surface area (Å²) in [5.41, 5.74) is -0.852. The monoisotopic (exact) mass is 212 g/mol. The van der Waals surface area contributed by atoms with Crippen LogP contribution in [0.15, 0.2) is 23.0 Å². The highest BCUT2D eigenvalue weighted by atomic mass is 19.1. The summed E-state index contributed by atoms with van der Waals surface area (Å²) in [4.78, 5) is 22.9. The molecular weight excluding hydrogens is 199 g/mol. The first kappa shape index (κ1) is 11.6. The molecule has 0 spiro atoms. The van der Waals surface area contributed by atoms with Crippen molar-refractivity contribution in [3.63, 3.8) is 0 Å². The van der Waals surface area contributed by atoms with E-state index in [4.69, 9.17) is 0 Å². The van der Waals surface area contributed by atoms with Crippen LogP contribution in [0, 0.1) is 5.41 Å². The Labute approximate surface area is 87.3 Å². The molecule has 0 aromatic rings. The van der Waals surface area contributed by atoms with Crippen LogP contribution in [0.5, 0.6) is 0 Å². The van der Waals surface area contributed by atoms with E-state index >= 15 is 0 Å². The number of allylic oxidation sites excluding steroid dienone is 3. The fraction of sp³-hybridized carbons (Fsp3) is 0.455. The number of carbonyl (C=O) groups is 2. The summed E-state index contributed by atoms with van der Waals surface area (Å²) < 4.78 is 12.2. The number of ketones is 2. The molecule has 1 rings (SSSR count). The fourth-order valence-corrected chi connectivity index (χ4v) is 1.63. The molecule has 0 atom stereocenters. The molecule has 0 unspecified atom stereocenters. The Morgan fingerprint density at radius 2 is 2.07 bits per heavy atom. The first-order valence-corrected chi connectivity index (χ1v) is 4.58. The Morgan fingerprint density at radius 3 is 2.53 bits per heavy atom. The number of rotatable bonds is 2. The number of halogens is 1. The van der Waals surface area contributed by atoms with Crippen LogP contribution < -0.4 is 0 Å². The predicted octanol–water partition coefficient (Wildman–Crippen LogP) is 1.89. The number of Topliss-reactive ketones (excluding diaryl/α,β-unsaturated/α-hetero) is 2. The number of aliphatic hydroxyl groups excluding tert-OH is 1. The third-order valence-corrected chi connectivity index (χ3v) is 2.40. The minimum atomic E-state index is -1.27. The van der Waals surface area contributed by atoms with Crippen LogP contribution in [0.1, 0.15) is 20.8 Å². The lowest BCUT2D eigenvalue weighted by molar-refractivity contribution is -0.126. The molecule has 1 N–H and O–H groups in total. The van der Waals surface area contributed by atoms with Crippen molar-refractivity contribution in [2.24, 2.45) is 5.41 Å². The van der Waals surface area contributed by atoms with Crippen molar-refractivity contribution in [2.75, 3.05) is 6.67 Å². The van der Waals surface area contributed by atoms with Crippen LogP contribution in [-0.4, -0.2) is 23.3 Å². The van der Waals surface area contributed by atoms with E-state index in [1.54, 1.807) is 26.8 Å². The molecule has 0 saturated carbocycles. The van der Waals surface area contributed by atoms with Crippen molar-refractivity contribution < 1.29 is 19.1 Å². The van der Waals surface area contributed by atoms with Gasteiger partial charge in [-0.25, -0.2) is 4.39 Å². The summed E-state index contributed by atoms with van der Waals surface area (Å²) in [7, 11) is 0. The third kappa shape index (κ3) is 1.84. The Bertz CT molecular complexity index is 389. The lowest BCUT2D eigenvalue weighted by atomic mass is 9.76. The van der Waals surface area contributed by atoms with Crippen molar-refractivity contribution in [3.05, 3.63) is 23.0 Å². The van der Waals surface area contributed by atoms with Gasteiger partial charge in [-0.2, -0.15) is 0 Å². The van der Waals surface area contributed by atoms with E-state index in [0.29, 0.717) is 5.57 Å². The van der Waals surface area contributed by atoms with E-state index < -0.39 is 35.0 Å². The molecule has 0 aliphatic heterocycles. The van der Waals surface area contributed by atoms with Crippen LogP contribution in [0.3, 0.4) is 0 Å². The van der Waals surface area contributed by atoms with Gasteiger partial charge in [0.25, 0.3) is 0 Å². The SMILES string of the molecule is CC1=CC(C)(C)C(=O)C(C(=O)CF)=C1O. The smallest absolute Gasteiger partial charge is 0.201 e. The molecule has 3 nitrogen and oxygen atoms in total. The average molecular weight is 212 g/mol. The largest absolute Gasteiger partial charge is 0.507 e. The molecule has 0 heterocycles. The lowest BCUT2D eigenvalue weighted by Crippen LogP contribution is -2.32. The van der Waals surface area contributed by atoms with Gasteiger partial charge in [0.05, 0.1) is 0 Å². The highest BCUT2D eigenvalue weighted by Crippen LogP contribution is 2.33. The van der Waals surface area contributed by atoms with E-state index in [-0.39, 0.29) is 0 Å². The van der Waals surface area contributed by atoms with Crippen LogP contribution in [0.25, 0.3) is 0 Å². The van der Waals surface area contributed by atoms with Crippen molar-refractivity contribution in [1.82, 2.24) is 0 Å². The molecular formula is C11H13FO3. The second kappa shape index (κ2) is 3.61. The van der Waals surface area contributed by atoms with Crippen molar-refractivity contribution in [1.29, 1.82) is 0 Å². The molecule has 0 aromatic carbocycles. The van der Waals surface area contributed by atoms with E-state index in [1.807, 2.05) is 0 Å². The van der Waals surface area contributed by atoms with Gasteiger partial charge in [0, 0.05) is 5.41 Å². The van der Waals surface area contributed by atoms with E-state index in [1.165, 1.54) is 0 Å². The zero-order valence-electron chi connectivity index (χ0n) is 8.93. The molecule has 1 aliphatic rings. The standard InChI is InChI=1S/C11H13FO3/c1-6-4-11(2,3)10(15)8(9(6)14)7(13)5-12/h4,14H,5H2,1-3H3. The molecule has 0 aromatic heterocycles. The number of hydrogen-bond donors (Lipinski definition) is 1. The van der Waals surface area contributed by atoms with Gasteiger partial charge in [-0.3, -0.25) is 9.59 Å². The highest BCUT2D eigenvalue weighted by molar-refractivity contribution is 6.24. The maximum absolute atomic E-state index is 12.2. The Balaban J connectivity index is 3.33. The molecule has 4 heteroatoms. The van der Waals surface area contributed by atoms with Gasteiger partial charge >= 0.3 is 0 Å². The van der Waals surface area contributed by atoms with Gasteiger partial charge in [0.15, 0.2) is 12.5 Å². The minimum Gasteiger partial charge on any atom is -0.507 e. The zero-order valence-corrected chi connectivity index (χ0v) is 8.93. The second-order valence-electron chi connectivity index (χ2n) is 4.16. The number of aliphatic hydroxyl groups is 1. The van der Waals surface area contributed by atoms with Crippen LogP contribution >= 0.6 is 0 Å². The van der Waals surface area contributed by atoms with E-state index in [9.17, 15) is 19.1 Å². The summed E-state index contributed by atoms with van der Waals surface area (Å²) in [6, 6.07) is 0. The summed E-state index contributed by atoms with van der Waals surface area (Å²) in [6.45, 7) is 3.55. The van der Waals surface area contributed by atoms with Gasteiger partial charge in [0.2, 0.25) is 5.78 Å². The predicted molar refractivity (Wildman–Crippen MR) is 53.2 cm³/mol. The van der Waals surface area contributed by atoms with Gasteiger partial charge in [-0.15, -0.1) is 0 Å². The van der Waals surface area contributed by atoms with Gasteiger partial charge < -0.3 is 5.11 Å². The van der Waals surface area contributed by atoms with E-state index in [2.05, 4.69) is 0 Å². The molecule has 82 valence electrons. The van der Waals surface area contributed by atoms with Crippen molar-refractivity contribution in [3.8, 4) is 0 Å². The lowest BCUT2D eigenvalue weighted by Gasteiger charge is -2.26. The summed E-state index contributed by atoms with van der Waals surface area (Å²) >= 11 is 0.